The van der Waals surface area contributed by atoms with Gasteiger partial charge in [-0.05, 0) is 18.2 Å². The fourth-order valence-corrected chi connectivity index (χ4v) is 1.85. The van der Waals surface area contributed by atoms with Gasteiger partial charge in [-0.3, -0.25) is 14.3 Å². The summed E-state index contributed by atoms with van der Waals surface area (Å²) in [5.74, 6) is 0.488. The number of nitrogens with one attached hydrogen (secondary N) is 1. The van der Waals surface area contributed by atoms with Crippen molar-refractivity contribution in [3.05, 3.63) is 58.6 Å². The number of rotatable bonds is 5. The molecule has 104 valence electrons. The first-order chi connectivity index (χ1) is 9.56. The number of benzene rings is 2. The third-order valence-corrected chi connectivity index (χ3v) is 2.73. The molecule has 0 aliphatic heterocycles. The highest BCUT2D eigenvalue weighted by Crippen LogP contribution is 2.33. The molecule has 2 aromatic rings. The second kappa shape index (κ2) is 6.13. The Hall–Kier alpha value is -2.45. The summed E-state index contributed by atoms with van der Waals surface area (Å²) in [5, 5.41) is 10.7. The molecule has 0 spiro atoms. The van der Waals surface area contributed by atoms with Gasteiger partial charge in [-0.25, -0.2) is 0 Å². The van der Waals surface area contributed by atoms with Crippen LogP contribution in [0, 0.1) is 10.1 Å². The number of nitro groups is 1. The second-order valence-electron chi connectivity index (χ2n) is 3.69. The molecule has 2 rings (SSSR count). The first-order valence-corrected chi connectivity index (χ1v) is 6.51. The number of hydrogen-bond acceptors (Lipinski definition) is 5. The van der Waals surface area contributed by atoms with Crippen molar-refractivity contribution in [3.63, 3.8) is 0 Å². The molecule has 0 amide bonds. The van der Waals surface area contributed by atoms with Gasteiger partial charge >= 0.3 is 0 Å². The van der Waals surface area contributed by atoms with Crippen molar-refractivity contribution in [2.45, 2.75) is 0 Å². The van der Waals surface area contributed by atoms with Crippen molar-refractivity contribution in [1.29, 1.82) is 0 Å². The summed E-state index contributed by atoms with van der Waals surface area (Å²) in [7, 11) is 0. The van der Waals surface area contributed by atoms with E-state index in [1.807, 2.05) is 0 Å². The first-order valence-electron chi connectivity index (χ1n) is 5.43. The van der Waals surface area contributed by atoms with Crippen LogP contribution in [0.5, 0.6) is 11.5 Å². The minimum Gasteiger partial charge on any atom is -0.755 e. The predicted molar refractivity (Wildman–Crippen MR) is 72.2 cm³/mol. The molecule has 0 radical (unpaired) electrons. The van der Waals surface area contributed by atoms with E-state index in [0.717, 1.165) is 6.07 Å². The van der Waals surface area contributed by atoms with Gasteiger partial charge in [-0.1, -0.05) is 18.2 Å². The topological polar surface area (TPSA) is 105 Å². The van der Waals surface area contributed by atoms with Gasteiger partial charge in [0, 0.05) is 17.3 Å². The van der Waals surface area contributed by atoms with Gasteiger partial charge in [-0.2, -0.15) is 0 Å². The number of hydrogen-bond donors (Lipinski definition) is 1. The summed E-state index contributed by atoms with van der Waals surface area (Å²) in [6, 6.07) is 12.2. The van der Waals surface area contributed by atoms with E-state index in [9.17, 15) is 18.9 Å². The Morgan fingerprint density at radius 3 is 2.45 bits per heavy atom. The van der Waals surface area contributed by atoms with Crippen molar-refractivity contribution in [3.8, 4) is 11.5 Å². The summed E-state index contributed by atoms with van der Waals surface area (Å²) >= 11 is -2.55. The quantitative estimate of drug-likeness (QED) is 0.518. The third kappa shape index (κ3) is 3.53. The van der Waals surface area contributed by atoms with E-state index in [2.05, 4.69) is 4.72 Å². The molecule has 0 saturated carbocycles. The predicted octanol–water partition coefficient (Wildman–Crippen LogP) is 2.59. The minimum atomic E-state index is -2.55. The largest absolute Gasteiger partial charge is 0.755 e. The highest BCUT2D eigenvalue weighted by atomic mass is 32.2. The highest BCUT2D eigenvalue weighted by Gasteiger charge is 2.12. The maximum atomic E-state index is 10.7. The monoisotopic (exact) mass is 293 g/mol. The molecule has 1 atom stereocenters. The van der Waals surface area contributed by atoms with Crippen LogP contribution in [0.4, 0.5) is 11.4 Å². The molecule has 0 bridgehead atoms. The lowest BCUT2D eigenvalue weighted by atomic mass is 10.2. The number of nitrogens with zero attached hydrogens (tertiary/aromatic N) is 1. The van der Waals surface area contributed by atoms with E-state index < -0.39 is 16.2 Å². The van der Waals surface area contributed by atoms with Crippen LogP contribution in [-0.4, -0.2) is 13.7 Å². The SMILES string of the molecule is O=[N+]([O-])c1ccc(NS(=O)[O-])c(Oc2ccccc2)c1. The van der Waals surface area contributed by atoms with Crippen LogP contribution >= 0.6 is 0 Å². The standard InChI is InChI=1S/C12H10N2O5S/c15-14(16)9-6-7-11(13-20(17)18)12(8-9)19-10-4-2-1-3-5-10/h1-8,13H,(H,17,18)/p-1. The van der Waals surface area contributed by atoms with Crippen LogP contribution in [-0.2, 0) is 11.3 Å². The minimum absolute atomic E-state index is 0.0506. The van der Waals surface area contributed by atoms with Gasteiger partial charge in [0.2, 0.25) is 0 Å². The smallest absolute Gasteiger partial charge is 0.273 e. The highest BCUT2D eigenvalue weighted by molar-refractivity contribution is 7.80. The molecule has 1 N–H and O–H groups in total. The molecule has 1 unspecified atom stereocenters. The van der Waals surface area contributed by atoms with Gasteiger partial charge in [0.25, 0.3) is 5.69 Å². The zero-order chi connectivity index (χ0) is 14.5. The first kappa shape index (κ1) is 14.0. The summed E-state index contributed by atoms with van der Waals surface area (Å²) in [6.07, 6.45) is 0. The van der Waals surface area contributed by atoms with E-state index in [-0.39, 0.29) is 17.1 Å². The van der Waals surface area contributed by atoms with Crippen LogP contribution < -0.4 is 9.46 Å². The van der Waals surface area contributed by atoms with Crippen LogP contribution in [0.15, 0.2) is 48.5 Å². The van der Waals surface area contributed by atoms with E-state index in [1.54, 1.807) is 30.3 Å². The average molecular weight is 293 g/mol. The van der Waals surface area contributed by atoms with E-state index in [1.165, 1.54) is 12.1 Å². The summed E-state index contributed by atoms with van der Waals surface area (Å²) in [5.41, 5.74) is -0.0778. The van der Waals surface area contributed by atoms with Crippen molar-refractivity contribution < 1.29 is 18.4 Å². The molecule has 7 nitrogen and oxygen atoms in total. The van der Waals surface area contributed by atoms with Crippen molar-refractivity contribution in [2.75, 3.05) is 4.72 Å². The molecular formula is C12H9N2O5S-. The van der Waals surface area contributed by atoms with Crippen molar-refractivity contribution >= 4 is 22.6 Å². The fraction of sp³-hybridized carbons (Fsp3) is 0. The number of para-hydroxylation sites is 1. The molecule has 0 heterocycles. The molecule has 0 aliphatic carbocycles. The van der Waals surface area contributed by atoms with Gasteiger partial charge in [0.05, 0.1) is 16.7 Å². The molecular weight excluding hydrogens is 284 g/mol. The molecule has 8 heteroatoms. The third-order valence-electron chi connectivity index (χ3n) is 2.34. The van der Waals surface area contributed by atoms with E-state index in [0.29, 0.717) is 5.75 Å². The van der Waals surface area contributed by atoms with Crippen LogP contribution in [0.1, 0.15) is 0 Å². The maximum Gasteiger partial charge on any atom is 0.273 e. The lowest BCUT2D eigenvalue weighted by Crippen LogP contribution is -2.04. The second-order valence-corrected chi connectivity index (χ2v) is 4.36. The zero-order valence-corrected chi connectivity index (χ0v) is 10.8. The number of nitro benzene ring substituents is 1. The van der Waals surface area contributed by atoms with Gasteiger partial charge in [0.15, 0.2) is 5.75 Å². The summed E-state index contributed by atoms with van der Waals surface area (Å²) in [4.78, 5) is 10.2. The Morgan fingerprint density at radius 1 is 1.15 bits per heavy atom. The van der Waals surface area contributed by atoms with Crippen molar-refractivity contribution in [2.24, 2.45) is 0 Å². The Morgan fingerprint density at radius 2 is 1.85 bits per heavy atom. The number of non-ortho nitro benzene ring substituents is 1. The van der Waals surface area contributed by atoms with E-state index >= 15 is 0 Å². The normalized spacial score (nSPS) is 11.7. The van der Waals surface area contributed by atoms with Crippen LogP contribution in [0.2, 0.25) is 0 Å². The molecule has 0 aromatic heterocycles. The fourth-order valence-electron chi connectivity index (χ4n) is 1.50. The molecule has 0 fully saturated rings. The maximum absolute atomic E-state index is 10.7. The van der Waals surface area contributed by atoms with Crippen molar-refractivity contribution in [1.82, 2.24) is 0 Å². The van der Waals surface area contributed by atoms with Crippen LogP contribution in [0.25, 0.3) is 0 Å². The lowest BCUT2D eigenvalue weighted by Gasteiger charge is -2.14. The molecule has 0 aliphatic rings. The number of ether oxygens (including phenoxy) is 1. The Balaban J connectivity index is 2.38. The Kier molecular flexibility index (Phi) is 4.28. The van der Waals surface area contributed by atoms with Gasteiger partial charge < -0.3 is 14.0 Å². The lowest BCUT2D eigenvalue weighted by molar-refractivity contribution is -0.384. The van der Waals surface area contributed by atoms with E-state index in [4.69, 9.17) is 4.74 Å². The Labute approximate surface area is 116 Å². The zero-order valence-electron chi connectivity index (χ0n) is 10.0. The average Bonchev–Trinajstić information content (AvgIpc) is 2.41. The molecule has 20 heavy (non-hydrogen) atoms. The molecule has 2 aromatic carbocycles. The number of anilines is 1. The van der Waals surface area contributed by atoms with Gasteiger partial charge in [-0.15, -0.1) is 0 Å². The Bertz CT molecular complexity index is 648. The summed E-state index contributed by atoms with van der Waals surface area (Å²) in [6.45, 7) is 0. The molecule has 0 saturated heterocycles. The van der Waals surface area contributed by atoms with Crippen LogP contribution in [0.3, 0.4) is 0 Å². The van der Waals surface area contributed by atoms with Gasteiger partial charge in [0.1, 0.15) is 5.75 Å². The summed E-state index contributed by atoms with van der Waals surface area (Å²) < 4.78 is 29.0.